The summed E-state index contributed by atoms with van der Waals surface area (Å²) in [4.78, 5) is 24.8. The standard InChI is InChI=1S/C23H19Cl3N2O5S/c1-2-33-23(30)18-10-9-16(13-19(18)25)27-22(29)14-28(21-11-8-15(24)12-20(21)26)34(31,32)17-6-4-3-5-7-17/h3-13H,2,14H2,1H3,(H,27,29). The average Bonchev–Trinajstić information content (AvgIpc) is 2.78. The summed E-state index contributed by atoms with van der Waals surface area (Å²) < 4.78 is 32.6. The Bertz CT molecular complexity index is 1320. The predicted molar refractivity (Wildman–Crippen MR) is 133 cm³/mol. The third-order valence-corrected chi connectivity index (χ3v) is 7.17. The smallest absolute Gasteiger partial charge is 0.339 e. The molecule has 0 saturated carbocycles. The van der Waals surface area contributed by atoms with Gasteiger partial charge in [-0.05, 0) is 55.5 Å². The highest BCUT2D eigenvalue weighted by atomic mass is 35.5. The van der Waals surface area contributed by atoms with Crippen molar-refractivity contribution in [2.24, 2.45) is 0 Å². The SMILES string of the molecule is CCOC(=O)c1ccc(NC(=O)CN(c2ccc(Cl)cc2Cl)S(=O)(=O)c2ccccc2)cc1Cl. The van der Waals surface area contributed by atoms with Crippen molar-refractivity contribution in [1.82, 2.24) is 0 Å². The van der Waals surface area contributed by atoms with Gasteiger partial charge in [0.15, 0.2) is 0 Å². The zero-order chi connectivity index (χ0) is 24.9. The molecule has 178 valence electrons. The molecule has 0 atom stereocenters. The van der Waals surface area contributed by atoms with Gasteiger partial charge < -0.3 is 10.1 Å². The Balaban J connectivity index is 1.90. The lowest BCUT2D eigenvalue weighted by molar-refractivity contribution is -0.114. The fourth-order valence-corrected chi connectivity index (χ4v) is 5.28. The van der Waals surface area contributed by atoms with Gasteiger partial charge in [-0.2, -0.15) is 0 Å². The third kappa shape index (κ3) is 6.01. The normalized spacial score (nSPS) is 11.1. The number of carbonyl (C=O) groups excluding carboxylic acids is 2. The Hall–Kier alpha value is -2.78. The number of nitrogens with zero attached hydrogens (tertiary/aromatic N) is 1. The van der Waals surface area contributed by atoms with Gasteiger partial charge in [0, 0.05) is 10.7 Å². The van der Waals surface area contributed by atoms with Gasteiger partial charge >= 0.3 is 5.97 Å². The Kier molecular flexibility index (Phi) is 8.43. The molecule has 1 N–H and O–H groups in total. The van der Waals surface area contributed by atoms with Crippen LogP contribution in [-0.2, 0) is 19.6 Å². The number of halogens is 3. The van der Waals surface area contributed by atoms with E-state index in [0.29, 0.717) is 5.02 Å². The average molecular weight is 542 g/mol. The Morgan fingerprint density at radius 1 is 0.941 bits per heavy atom. The first-order valence-corrected chi connectivity index (χ1v) is 12.5. The number of rotatable bonds is 8. The first-order chi connectivity index (χ1) is 16.1. The number of sulfonamides is 1. The van der Waals surface area contributed by atoms with Crippen molar-refractivity contribution in [3.8, 4) is 0 Å². The molecule has 1 amide bonds. The minimum absolute atomic E-state index is 0.0179. The number of nitrogens with one attached hydrogen (secondary N) is 1. The van der Waals surface area contributed by atoms with Gasteiger partial charge in [0.05, 0.1) is 32.8 Å². The molecule has 0 fully saturated rings. The van der Waals surface area contributed by atoms with Crippen LogP contribution >= 0.6 is 34.8 Å². The molecule has 0 aliphatic rings. The molecule has 3 aromatic rings. The molecule has 0 spiro atoms. The van der Waals surface area contributed by atoms with E-state index in [2.05, 4.69) is 5.32 Å². The lowest BCUT2D eigenvalue weighted by Crippen LogP contribution is -2.38. The van der Waals surface area contributed by atoms with E-state index in [9.17, 15) is 18.0 Å². The van der Waals surface area contributed by atoms with Crippen LogP contribution in [0.4, 0.5) is 11.4 Å². The summed E-state index contributed by atoms with van der Waals surface area (Å²) in [6.07, 6.45) is 0. The second-order valence-corrected chi connectivity index (χ2v) is 10.00. The summed E-state index contributed by atoms with van der Waals surface area (Å²) in [7, 11) is -4.15. The molecule has 3 aromatic carbocycles. The predicted octanol–water partition coefficient (Wildman–Crippen LogP) is 5.66. The number of carbonyl (C=O) groups is 2. The molecular formula is C23H19Cl3N2O5S. The van der Waals surface area contributed by atoms with Gasteiger partial charge in [0.1, 0.15) is 6.54 Å². The molecule has 0 aliphatic carbocycles. The summed E-state index contributed by atoms with van der Waals surface area (Å²) in [5.74, 6) is -1.26. The maximum atomic E-state index is 13.4. The highest BCUT2D eigenvalue weighted by molar-refractivity contribution is 7.92. The second kappa shape index (κ2) is 11.1. The summed E-state index contributed by atoms with van der Waals surface area (Å²) in [5, 5.41) is 3.03. The van der Waals surface area contributed by atoms with Crippen LogP contribution < -0.4 is 9.62 Å². The van der Waals surface area contributed by atoms with Crippen molar-refractivity contribution in [3.05, 3.63) is 87.4 Å². The van der Waals surface area contributed by atoms with E-state index in [-0.39, 0.29) is 38.5 Å². The molecule has 3 rings (SSSR count). The third-order valence-electron chi connectivity index (χ3n) is 4.55. The van der Waals surface area contributed by atoms with Gasteiger partial charge in [-0.15, -0.1) is 0 Å². The van der Waals surface area contributed by atoms with E-state index < -0.39 is 28.4 Å². The van der Waals surface area contributed by atoms with Crippen LogP contribution in [0.5, 0.6) is 0 Å². The van der Waals surface area contributed by atoms with Crippen LogP contribution in [0.1, 0.15) is 17.3 Å². The molecule has 0 unspecified atom stereocenters. The van der Waals surface area contributed by atoms with Crippen LogP contribution in [-0.4, -0.2) is 33.4 Å². The van der Waals surface area contributed by atoms with Crippen molar-refractivity contribution in [3.63, 3.8) is 0 Å². The van der Waals surface area contributed by atoms with Gasteiger partial charge in [0.2, 0.25) is 5.91 Å². The minimum Gasteiger partial charge on any atom is -0.462 e. The first kappa shape index (κ1) is 25.8. The lowest BCUT2D eigenvalue weighted by atomic mass is 10.2. The highest BCUT2D eigenvalue weighted by Crippen LogP contribution is 2.32. The Morgan fingerprint density at radius 3 is 2.26 bits per heavy atom. The van der Waals surface area contributed by atoms with E-state index in [0.717, 1.165) is 4.31 Å². The molecule has 0 radical (unpaired) electrons. The Labute approximate surface area is 212 Å². The molecule has 0 saturated heterocycles. The minimum atomic E-state index is -4.15. The molecule has 11 heteroatoms. The van der Waals surface area contributed by atoms with E-state index >= 15 is 0 Å². The van der Waals surface area contributed by atoms with Crippen LogP contribution in [0.15, 0.2) is 71.6 Å². The van der Waals surface area contributed by atoms with Gasteiger partial charge in [-0.25, -0.2) is 13.2 Å². The number of anilines is 2. The van der Waals surface area contributed by atoms with Gasteiger partial charge in [-0.3, -0.25) is 9.10 Å². The van der Waals surface area contributed by atoms with Crippen molar-refractivity contribution >= 4 is 68.1 Å². The monoisotopic (exact) mass is 540 g/mol. The van der Waals surface area contributed by atoms with Gasteiger partial charge in [0.25, 0.3) is 10.0 Å². The zero-order valence-electron chi connectivity index (χ0n) is 17.8. The van der Waals surface area contributed by atoms with E-state index in [1.807, 2.05) is 0 Å². The van der Waals surface area contributed by atoms with E-state index in [1.165, 1.54) is 48.5 Å². The number of esters is 1. The maximum absolute atomic E-state index is 13.4. The van der Waals surface area contributed by atoms with Gasteiger partial charge in [-0.1, -0.05) is 53.0 Å². The maximum Gasteiger partial charge on any atom is 0.339 e. The van der Waals surface area contributed by atoms with E-state index in [1.54, 1.807) is 25.1 Å². The van der Waals surface area contributed by atoms with Crippen LogP contribution in [0.25, 0.3) is 0 Å². The molecule has 0 bridgehead atoms. The number of hydrogen-bond donors (Lipinski definition) is 1. The van der Waals surface area contributed by atoms with Crippen LogP contribution in [0.3, 0.4) is 0 Å². The summed E-state index contributed by atoms with van der Waals surface area (Å²) in [6.45, 7) is 1.27. The molecule has 34 heavy (non-hydrogen) atoms. The van der Waals surface area contributed by atoms with Crippen LogP contribution in [0.2, 0.25) is 15.1 Å². The fourth-order valence-electron chi connectivity index (χ4n) is 3.00. The Morgan fingerprint density at radius 2 is 1.65 bits per heavy atom. The number of amides is 1. The zero-order valence-corrected chi connectivity index (χ0v) is 20.9. The number of hydrogen-bond acceptors (Lipinski definition) is 5. The highest BCUT2D eigenvalue weighted by Gasteiger charge is 2.29. The largest absolute Gasteiger partial charge is 0.462 e. The molecule has 0 heterocycles. The first-order valence-electron chi connectivity index (χ1n) is 9.93. The van der Waals surface area contributed by atoms with Crippen molar-refractivity contribution in [1.29, 1.82) is 0 Å². The topological polar surface area (TPSA) is 92.8 Å². The fraction of sp³-hybridized carbons (Fsp3) is 0.130. The summed E-state index contributed by atoms with van der Waals surface area (Å²) >= 11 is 18.4. The quantitative estimate of drug-likeness (QED) is 0.372. The molecule has 7 nitrogen and oxygen atoms in total. The lowest BCUT2D eigenvalue weighted by Gasteiger charge is -2.25. The molecule has 0 aromatic heterocycles. The summed E-state index contributed by atoms with van der Waals surface area (Å²) in [5.41, 5.74) is 0.491. The molecular weight excluding hydrogens is 523 g/mol. The van der Waals surface area contributed by atoms with Crippen LogP contribution in [0, 0.1) is 0 Å². The van der Waals surface area contributed by atoms with Crippen molar-refractivity contribution in [2.45, 2.75) is 11.8 Å². The van der Waals surface area contributed by atoms with Crippen molar-refractivity contribution in [2.75, 3.05) is 22.8 Å². The van der Waals surface area contributed by atoms with Crippen molar-refractivity contribution < 1.29 is 22.7 Å². The second-order valence-electron chi connectivity index (χ2n) is 6.88. The number of benzene rings is 3. The summed E-state index contributed by atoms with van der Waals surface area (Å²) in [6, 6.07) is 16.2. The van der Waals surface area contributed by atoms with E-state index in [4.69, 9.17) is 39.5 Å². The number of ether oxygens (including phenoxy) is 1. The molecule has 0 aliphatic heterocycles.